The Morgan fingerprint density at radius 3 is 2.39 bits per heavy atom. The minimum absolute atomic E-state index is 0.000877. The van der Waals surface area contributed by atoms with Crippen LogP contribution in [-0.4, -0.2) is 9.55 Å². The van der Waals surface area contributed by atoms with E-state index in [1.54, 1.807) is 34.5 Å². The molecule has 0 radical (unpaired) electrons. The van der Waals surface area contributed by atoms with Crippen molar-refractivity contribution < 1.29 is 0 Å². The third-order valence-electron chi connectivity index (χ3n) is 4.62. The highest BCUT2D eigenvalue weighted by molar-refractivity contribution is 7.98. The van der Waals surface area contributed by atoms with Crippen LogP contribution in [0.15, 0.2) is 52.4 Å². The second kappa shape index (κ2) is 8.30. The maximum absolute atomic E-state index is 13.0. The number of fused-ring (bicyclic) bond motifs is 1. The largest absolute Gasteiger partial charge is 0.287 e. The predicted octanol–water partition coefficient (Wildman–Crippen LogP) is 6.30. The Morgan fingerprint density at radius 2 is 1.79 bits per heavy atom. The Labute approximate surface area is 176 Å². The van der Waals surface area contributed by atoms with Crippen molar-refractivity contribution in [2.24, 2.45) is 5.92 Å². The Balaban J connectivity index is 1.93. The lowest BCUT2D eigenvalue weighted by Gasteiger charge is -2.19. The van der Waals surface area contributed by atoms with E-state index in [1.807, 2.05) is 0 Å². The molecule has 0 spiro atoms. The van der Waals surface area contributed by atoms with E-state index in [0.29, 0.717) is 28.4 Å². The van der Waals surface area contributed by atoms with E-state index < -0.39 is 0 Å². The first-order valence-corrected chi connectivity index (χ1v) is 10.9. The zero-order chi connectivity index (χ0) is 20.5. The quantitative estimate of drug-likeness (QED) is 0.363. The molecular formula is C23H27ClN2OS. The Kier molecular flexibility index (Phi) is 6.21. The highest BCUT2D eigenvalue weighted by Gasteiger charge is 2.15. The molecule has 0 N–H and O–H groups in total. The summed E-state index contributed by atoms with van der Waals surface area (Å²) in [7, 11) is 0. The first-order valence-electron chi connectivity index (χ1n) is 9.57. The lowest BCUT2D eigenvalue weighted by Crippen LogP contribution is -2.25. The van der Waals surface area contributed by atoms with E-state index in [4.69, 9.17) is 16.6 Å². The van der Waals surface area contributed by atoms with E-state index in [2.05, 4.69) is 58.9 Å². The SMILES string of the molecule is CC(C)Cn1c(SCc2ccc(C(C)(C)C)cc2)nc2cc(Cl)ccc2c1=O. The fourth-order valence-corrected chi connectivity index (χ4v) is 4.19. The summed E-state index contributed by atoms with van der Waals surface area (Å²) in [5, 5.41) is 1.95. The summed E-state index contributed by atoms with van der Waals surface area (Å²) in [5.41, 5.74) is 3.33. The van der Waals surface area contributed by atoms with Gasteiger partial charge < -0.3 is 0 Å². The summed E-state index contributed by atoms with van der Waals surface area (Å²) in [6, 6.07) is 14.0. The van der Waals surface area contributed by atoms with Gasteiger partial charge in [-0.15, -0.1) is 0 Å². The summed E-state index contributed by atoms with van der Waals surface area (Å²) >= 11 is 7.72. The summed E-state index contributed by atoms with van der Waals surface area (Å²) in [4.78, 5) is 17.8. The second-order valence-corrected chi connectivity index (χ2v) is 9.98. The van der Waals surface area contributed by atoms with Crippen LogP contribution in [0.1, 0.15) is 45.7 Å². The monoisotopic (exact) mass is 414 g/mol. The van der Waals surface area contributed by atoms with Crippen LogP contribution in [0.3, 0.4) is 0 Å². The third kappa shape index (κ3) is 4.79. The Hall–Kier alpha value is -1.78. The molecule has 3 rings (SSSR count). The minimum Gasteiger partial charge on any atom is -0.287 e. The summed E-state index contributed by atoms with van der Waals surface area (Å²) < 4.78 is 1.80. The van der Waals surface area contributed by atoms with Gasteiger partial charge in [0.05, 0.1) is 10.9 Å². The van der Waals surface area contributed by atoms with Gasteiger partial charge in [0.2, 0.25) is 0 Å². The maximum atomic E-state index is 13.0. The summed E-state index contributed by atoms with van der Waals surface area (Å²) in [5.74, 6) is 1.12. The van der Waals surface area contributed by atoms with Gasteiger partial charge in [0.25, 0.3) is 5.56 Å². The highest BCUT2D eigenvalue weighted by Crippen LogP contribution is 2.26. The van der Waals surface area contributed by atoms with Gasteiger partial charge in [0.1, 0.15) is 0 Å². The van der Waals surface area contributed by atoms with Gasteiger partial charge >= 0.3 is 0 Å². The highest BCUT2D eigenvalue weighted by atomic mass is 35.5. The molecule has 0 saturated carbocycles. The molecule has 0 unspecified atom stereocenters. The van der Waals surface area contributed by atoms with Crippen LogP contribution in [0.5, 0.6) is 0 Å². The van der Waals surface area contributed by atoms with E-state index >= 15 is 0 Å². The molecule has 5 heteroatoms. The molecule has 1 aromatic heterocycles. The molecular weight excluding hydrogens is 388 g/mol. The zero-order valence-corrected chi connectivity index (χ0v) is 18.7. The van der Waals surface area contributed by atoms with Crippen molar-refractivity contribution in [2.45, 2.75) is 57.5 Å². The van der Waals surface area contributed by atoms with Crippen LogP contribution in [0, 0.1) is 5.92 Å². The van der Waals surface area contributed by atoms with Gasteiger partial charge in [0.15, 0.2) is 5.16 Å². The van der Waals surface area contributed by atoms with Gasteiger partial charge in [-0.25, -0.2) is 4.98 Å². The normalized spacial score (nSPS) is 12.1. The first-order chi connectivity index (χ1) is 13.1. The van der Waals surface area contributed by atoms with Gasteiger partial charge in [-0.1, -0.05) is 82.2 Å². The molecule has 148 valence electrons. The molecule has 1 heterocycles. The number of halogens is 1. The maximum Gasteiger partial charge on any atom is 0.262 e. The molecule has 0 aliphatic rings. The van der Waals surface area contributed by atoms with E-state index in [9.17, 15) is 4.79 Å². The lowest BCUT2D eigenvalue weighted by atomic mass is 9.87. The van der Waals surface area contributed by atoms with Crippen LogP contribution < -0.4 is 5.56 Å². The van der Waals surface area contributed by atoms with E-state index in [-0.39, 0.29) is 11.0 Å². The fraction of sp³-hybridized carbons (Fsp3) is 0.391. The number of aromatic nitrogens is 2. The van der Waals surface area contributed by atoms with Gasteiger partial charge in [-0.2, -0.15) is 0 Å². The number of benzene rings is 2. The van der Waals surface area contributed by atoms with E-state index in [1.165, 1.54) is 11.1 Å². The zero-order valence-electron chi connectivity index (χ0n) is 17.1. The topological polar surface area (TPSA) is 34.9 Å². The third-order valence-corrected chi connectivity index (χ3v) is 5.90. The van der Waals surface area contributed by atoms with Gasteiger partial charge in [-0.05, 0) is 40.7 Å². The van der Waals surface area contributed by atoms with Crippen molar-refractivity contribution >= 4 is 34.3 Å². The molecule has 3 aromatic rings. The summed E-state index contributed by atoms with van der Waals surface area (Å²) in [6.45, 7) is 11.5. The molecule has 0 aliphatic carbocycles. The Morgan fingerprint density at radius 1 is 1.11 bits per heavy atom. The molecule has 0 saturated heterocycles. The summed E-state index contributed by atoms with van der Waals surface area (Å²) in [6.07, 6.45) is 0. The van der Waals surface area contributed by atoms with Crippen LogP contribution in [0.4, 0.5) is 0 Å². The number of nitrogens with zero attached hydrogens (tertiary/aromatic N) is 2. The van der Waals surface area contributed by atoms with Gasteiger partial charge in [-0.3, -0.25) is 9.36 Å². The van der Waals surface area contributed by atoms with Crippen LogP contribution >= 0.6 is 23.4 Å². The van der Waals surface area contributed by atoms with Crippen molar-refractivity contribution in [3.63, 3.8) is 0 Å². The number of hydrogen-bond acceptors (Lipinski definition) is 3. The minimum atomic E-state index is 0.000877. The van der Waals surface area contributed by atoms with Crippen molar-refractivity contribution in [3.8, 4) is 0 Å². The van der Waals surface area contributed by atoms with Crippen molar-refractivity contribution in [1.82, 2.24) is 9.55 Å². The molecule has 0 bridgehead atoms. The number of rotatable bonds is 5. The van der Waals surface area contributed by atoms with Crippen molar-refractivity contribution in [1.29, 1.82) is 0 Å². The number of hydrogen-bond donors (Lipinski definition) is 0. The van der Waals surface area contributed by atoms with Crippen LogP contribution in [-0.2, 0) is 17.7 Å². The average Bonchev–Trinajstić information content (AvgIpc) is 2.62. The van der Waals surface area contributed by atoms with E-state index in [0.717, 1.165) is 10.9 Å². The lowest BCUT2D eigenvalue weighted by molar-refractivity contribution is 0.475. The Bertz CT molecular complexity index is 1030. The average molecular weight is 415 g/mol. The predicted molar refractivity (Wildman–Crippen MR) is 121 cm³/mol. The van der Waals surface area contributed by atoms with Crippen LogP contribution in [0.25, 0.3) is 10.9 Å². The first kappa shape index (κ1) is 20.9. The molecule has 2 aromatic carbocycles. The molecule has 0 fully saturated rings. The molecule has 0 atom stereocenters. The molecule has 28 heavy (non-hydrogen) atoms. The molecule has 3 nitrogen and oxygen atoms in total. The number of thioether (sulfide) groups is 1. The van der Waals surface area contributed by atoms with Crippen LogP contribution in [0.2, 0.25) is 5.02 Å². The fourth-order valence-electron chi connectivity index (χ4n) is 3.06. The van der Waals surface area contributed by atoms with Crippen molar-refractivity contribution in [3.05, 3.63) is 69.0 Å². The molecule has 0 amide bonds. The smallest absolute Gasteiger partial charge is 0.262 e. The van der Waals surface area contributed by atoms with Gasteiger partial charge in [0, 0.05) is 17.3 Å². The van der Waals surface area contributed by atoms with Crippen molar-refractivity contribution in [2.75, 3.05) is 0 Å². The molecule has 0 aliphatic heterocycles. The standard InChI is InChI=1S/C23H27ClN2OS/c1-15(2)13-26-21(27)19-11-10-18(24)12-20(19)25-22(26)28-14-16-6-8-17(9-7-16)23(3,4)5/h6-12,15H,13-14H2,1-5H3. The second-order valence-electron chi connectivity index (χ2n) is 8.60.